The van der Waals surface area contributed by atoms with Crippen LogP contribution in [0.25, 0.3) is 5.69 Å². The molecule has 2 heterocycles. The van der Waals surface area contributed by atoms with Gasteiger partial charge < -0.3 is 5.11 Å². The van der Waals surface area contributed by atoms with Crippen LogP contribution >= 0.6 is 11.3 Å². The summed E-state index contributed by atoms with van der Waals surface area (Å²) in [6.07, 6.45) is 1.26. The molecule has 0 saturated carbocycles. The second-order valence-corrected chi connectivity index (χ2v) is 9.70. The van der Waals surface area contributed by atoms with Crippen LogP contribution in [0.2, 0.25) is 0 Å². The fourth-order valence-electron chi connectivity index (χ4n) is 2.98. The quantitative estimate of drug-likeness (QED) is 0.302. The molecule has 0 aliphatic rings. The van der Waals surface area contributed by atoms with Crippen molar-refractivity contribution in [2.24, 2.45) is 0 Å². The molecule has 4 aromatic rings. The van der Waals surface area contributed by atoms with E-state index in [0.717, 1.165) is 16.9 Å². The minimum Gasteiger partial charge on any atom is -0.504 e. The molecule has 0 aliphatic carbocycles. The zero-order valence-corrected chi connectivity index (χ0v) is 19.4. The number of aromatic nitrogens is 2. The zero-order valence-electron chi connectivity index (χ0n) is 17.7. The molecule has 0 spiro atoms. The summed E-state index contributed by atoms with van der Waals surface area (Å²) in [7, 11) is -4.05. The van der Waals surface area contributed by atoms with E-state index in [1.54, 1.807) is 48.5 Å². The fourth-order valence-corrected chi connectivity index (χ4v) is 5.36. The minimum absolute atomic E-state index is 0.126. The molecule has 0 saturated heterocycles. The molecular weight excluding hydrogens is 478 g/mol. The summed E-state index contributed by atoms with van der Waals surface area (Å²) < 4.78 is 29.3. The Kier molecular flexibility index (Phi) is 6.34. The van der Waals surface area contributed by atoms with E-state index in [1.165, 1.54) is 22.3 Å². The third-order valence-corrected chi connectivity index (χ3v) is 7.11. The van der Waals surface area contributed by atoms with Gasteiger partial charge in [0.05, 0.1) is 11.9 Å². The van der Waals surface area contributed by atoms with Crippen LogP contribution in [0.3, 0.4) is 0 Å². The number of anilines is 1. The van der Waals surface area contributed by atoms with Crippen molar-refractivity contribution in [1.29, 1.82) is 0 Å². The van der Waals surface area contributed by atoms with Crippen LogP contribution < -0.4 is 15.6 Å². The molecule has 2 aromatic heterocycles. The number of carbonyl (C=O) groups is 2. The maximum atomic E-state index is 12.8. The van der Waals surface area contributed by atoms with Crippen molar-refractivity contribution in [3.63, 3.8) is 0 Å². The van der Waals surface area contributed by atoms with Crippen LogP contribution in [0.1, 0.15) is 25.7 Å². The van der Waals surface area contributed by atoms with E-state index in [-0.39, 0.29) is 15.5 Å². The summed E-state index contributed by atoms with van der Waals surface area (Å²) in [6, 6.07) is 16.9. The number of sulfonamides is 1. The highest BCUT2D eigenvalue weighted by atomic mass is 32.2. The predicted molar refractivity (Wildman–Crippen MR) is 126 cm³/mol. The maximum absolute atomic E-state index is 12.8. The van der Waals surface area contributed by atoms with Gasteiger partial charge in [0, 0.05) is 5.69 Å². The third-order valence-electron chi connectivity index (χ3n) is 4.65. The number of amides is 2. The molecular formula is C22H19N5O5S2. The van der Waals surface area contributed by atoms with Crippen molar-refractivity contribution < 1.29 is 23.1 Å². The molecule has 0 fully saturated rings. The first-order valence-corrected chi connectivity index (χ1v) is 12.2. The number of benzene rings is 2. The molecule has 0 radical (unpaired) electrons. The van der Waals surface area contributed by atoms with Crippen molar-refractivity contribution >= 4 is 38.9 Å². The van der Waals surface area contributed by atoms with Gasteiger partial charge in [-0.25, -0.2) is 13.1 Å². The monoisotopic (exact) mass is 497 g/mol. The maximum Gasteiger partial charge on any atom is 0.294 e. The number of thiophene rings is 1. The highest BCUT2D eigenvalue weighted by molar-refractivity contribution is 7.93. The number of rotatable bonds is 6. The Bertz CT molecular complexity index is 1440. The average Bonchev–Trinajstić information content (AvgIpc) is 3.47. The van der Waals surface area contributed by atoms with Gasteiger partial charge in [0.2, 0.25) is 0 Å². The summed E-state index contributed by atoms with van der Waals surface area (Å²) in [5.74, 6) is -2.11. The van der Waals surface area contributed by atoms with E-state index in [0.29, 0.717) is 11.4 Å². The third kappa shape index (κ3) is 4.92. The topological polar surface area (TPSA) is 142 Å². The first-order valence-electron chi connectivity index (χ1n) is 9.86. The summed E-state index contributed by atoms with van der Waals surface area (Å²) in [5, 5.41) is 15.6. The summed E-state index contributed by atoms with van der Waals surface area (Å²) in [6.45, 7) is 1.87. The lowest BCUT2D eigenvalue weighted by atomic mass is 10.2. The molecule has 2 amide bonds. The second kappa shape index (κ2) is 9.37. The molecule has 10 nitrogen and oxygen atoms in total. The first kappa shape index (κ1) is 23.0. The van der Waals surface area contributed by atoms with Gasteiger partial charge in [-0.3, -0.25) is 25.2 Å². The van der Waals surface area contributed by atoms with Crippen LogP contribution in [0.5, 0.6) is 5.75 Å². The van der Waals surface area contributed by atoms with Gasteiger partial charge in [-0.2, -0.15) is 5.10 Å². The van der Waals surface area contributed by atoms with Crippen molar-refractivity contribution in [3.05, 3.63) is 88.4 Å². The second-order valence-electron chi connectivity index (χ2n) is 7.14. The number of carbonyl (C=O) groups excluding carboxylic acids is 2. The van der Waals surface area contributed by atoms with E-state index >= 15 is 0 Å². The Hall–Kier alpha value is -4.16. The van der Waals surface area contributed by atoms with Crippen LogP contribution in [-0.4, -0.2) is 35.1 Å². The minimum atomic E-state index is -4.05. The number of aromatic hydroxyl groups is 1. The number of hydrogen-bond donors (Lipinski definition) is 4. The zero-order chi connectivity index (χ0) is 24.3. The smallest absolute Gasteiger partial charge is 0.294 e. The average molecular weight is 498 g/mol. The first-order chi connectivity index (χ1) is 16.2. The molecule has 174 valence electrons. The highest BCUT2D eigenvalue weighted by Crippen LogP contribution is 2.24. The van der Waals surface area contributed by atoms with E-state index < -0.39 is 27.6 Å². The van der Waals surface area contributed by atoms with Gasteiger partial charge in [0.1, 0.15) is 9.77 Å². The summed E-state index contributed by atoms with van der Waals surface area (Å²) in [5.41, 5.74) is 5.93. The molecule has 0 bridgehead atoms. The molecule has 2 aromatic carbocycles. The summed E-state index contributed by atoms with van der Waals surface area (Å²) in [4.78, 5) is 24.7. The SMILES string of the molecule is Cc1ccc(NS(=O)(=O)c2ccsc2C(=O)NNC(=O)c2nn(-c3ccccc3)cc2O)cc1. The molecule has 4 N–H and O–H groups in total. The van der Waals surface area contributed by atoms with Crippen molar-refractivity contribution in [2.45, 2.75) is 11.8 Å². The van der Waals surface area contributed by atoms with Gasteiger partial charge in [0.25, 0.3) is 21.8 Å². The van der Waals surface area contributed by atoms with E-state index in [4.69, 9.17) is 0 Å². The lowest BCUT2D eigenvalue weighted by molar-refractivity contribution is 0.0842. The largest absolute Gasteiger partial charge is 0.504 e. The standard InChI is InChI=1S/C22H19N5O5S2/c1-14-7-9-15(10-8-14)26-34(31,32)18-11-12-33-20(18)22(30)24-23-21(29)19-17(28)13-27(25-19)16-5-3-2-4-6-16/h2-13,26,28H,1H3,(H,23,29)(H,24,30). The van der Waals surface area contributed by atoms with Gasteiger partial charge in [-0.15, -0.1) is 11.3 Å². The number of para-hydroxylation sites is 1. The van der Waals surface area contributed by atoms with Gasteiger partial charge >= 0.3 is 0 Å². The highest BCUT2D eigenvalue weighted by Gasteiger charge is 2.25. The lowest BCUT2D eigenvalue weighted by Crippen LogP contribution is -2.42. The molecule has 4 rings (SSSR count). The summed E-state index contributed by atoms with van der Waals surface area (Å²) >= 11 is 0.898. The van der Waals surface area contributed by atoms with E-state index in [9.17, 15) is 23.1 Å². The van der Waals surface area contributed by atoms with Gasteiger partial charge in [0.15, 0.2) is 11.4 Å². The number of hydrazine groups is 1. The molecule has 0 unspecified atom stereocenters. The fraction of sp³-hybridized carbons (Fsp3) is 0.0455. The molecule has 34 heavy (non-hydrogen) atoms. The lowest BCUT2D eigenvalue weighted by Gasteiger charge is -2.10. The van der Waals surface area contributed by atoms with Crippen LogP contribution in [0.4, 0.5) is 5.69 Å². The Balaban J connectivity index is 1.45. The van der Waals surface area contributed by atoms with Crippen LogP contribution in [-0.2, 0) is 10.0 Å². The number of hydrogen-bond acceptors (Lipinski definition) is 7. The van der Waals surface area contributed by atoms with Crippen LogP contribution in [0.15, 0.2) is 77.1 Å². The molecule has 0 atom stereocenters. The Morgan fingerprint density at radius 1 is 0.971 bits per heavy atom. The van der Waals surface area contributed by atoms with Gasteiger partial charge in [-0.05, 0) is 42.6 Å². The van der Waals surface area contributed by atoms with Crippen molar-refractivity contribution in [1.82, 2.24) is 20.6 Å². The van der Waals surface area contributed by atoms with Gasteiger partial charge in [-0.1, -0.05) is 35.9 Å². The Morgan fingerprint density at radius 3 is 2.35 bits per heavy atom. The van der Waals surface area contributed by atoms with Crippen LogP contribution in [0, 0.1) is 6.92 Å². The normalized spacial score (nSPS) is 11.1. The van der Waals surface area contributed by atoms with Crippen molar-refractivity contribution in [3.8, 4) is 11.4 Å². The molecule has 12 heteroatoms. The molecule has 0 aliphatic heterocycles. The number of nitrogens with one attached hydrogen (secondary N) is 3. The van der Waals surface area contributed by atoms with E-state index in [2.05, 4.69) is 20.7 Å². The Morgan fingerprint density at radius 2 is 1.65 bits per heavy atom. The number of nitrogens with zero attached hydrogens (tertiary/aromatic N) is 2. The predicted octanol–water partition coefficient (Wildman–Crippen LogP) is 2.82. The van der Waals surface area contributed by atoms with E-state index in [1.807, 2.05) is 13.0 Å². The number of aryl methyl sites for hydroxylation is 1. The van der Waals surface area contributed by atoms with Crippen molar-refractivity contribution in [2.75, 3.05) is 4.72 Å². The Labute approximate surface area is 198 Å².